The molecule has 0 radical (unpaired) electrons. The quantitative estimate of drug-likeness (QED) is 0.618. The van der Waals surface area contributed by atoms with Crippen molar-refractivity contribution in [1.29, 1.82) is 0 Å². The predicted octanol–water partition coefficient (Wildman–Crippen LogP) is 4.49. The molecule has 0 saturated carbocycles. The number of alkyl halides is 3. The minimum atomic E-state index is -4.73. The molecule has 0 aliphatic heterocycles. The van der Waals surface area contributed by atoms with Crippen LogP contribution in [0, 0.1) is 6.92 Å². The van der Waals surface area contributed by atoms with Crippen LogP contribution in [-0.4, -0.2) is 11.3 Å². The molecule has 0 fully saturated rings. The normalized spacial score (nSPS) is 15.7. The first-order valence-electron chi connectivity index (χ1n) is 6.35. The van der Waals surface area contributed by atoms with Gasteiger partial charge in [0, 0.05) is 0 Å². The van der Waals surface area contributed by atoms with Crippen molar-refractivity contribution in [2.75, 3.05) is 0 Å². The van der Waals surface area contributed by atoms with Crippen molar-refractivity contribution in [2.45, 2.75) is 44.9 Å². The number of benzene rings is 1. The van der Waals surface area contributed by atoms with Gasteiger partial charge in [0.05, 0.1) is 0 Å². The number of hydrogen-bond acceptors (Lipinski definition) is 1. The van der Waals surface area contributed by atoms with Crippen molar-refractivity contribution in [2.24, 2.45) is 0 Å². The summed E-state index contributed by atoms with van der Waals surface area (Å²) in [6.45, 7) is 3.75. The molecule has 0 aromatic heterocycles. The van der Waals surface area contributed by atoms with Crippen LogP contribution in [0.1, 0.15) is 37.3 Å². The molecule has 0 saturated heterocycles. The summed E-state index contributed by atoms with van der Waals surface area (Å²) in [6, 6.07) is 5.75. The second-order valence-corrected chi connectivity index (χ2v) is 4.67. The first kappa shape index (κ1) is 15.8. The number of halogens is 3. The van der Waals surface area contributed by atoms with Crippen molar-refractivity contribution in [3.63, 3.8) is 0 Å². The van der Waals surface area contributed by atoms with Crippen LogP contribution >= 0.6 is 0 Å². The molecule has 0 spiro atoms. The van der Waals surface area contributed by atoms with Crippen LogP contribution in [0.4, 0.5) is 13.2 Å². The summed E-state index contributed by atoms with van der Waals surface area (Å²) in [7, 11) is 0. The number of aliphatic hydroxyl groups is 1. The topological polar surface area (TPSA) is 20.2 Å². The maximum Gasteiger partial charge on any atom is 0.425 e. The fourth-order valence-corrected chi connectivity index (χ4v) is 1.74. The lowest BCUT2D eigenvalue weighted by molar-refractivity contribution is -0.245. The molecule has 1 rings (SSSR count). The third-order valence-corrected chi connectivity index (χ3v) is 3.01. The summed E-state index contributed by atoms with van der Waals surface area (Å²) in [5, 5.41) is 10.00. The highest BCUT2D eigenvalue weighted by Gasteiger charge is 2.53. The Morgan fingerprint density at radius 3 is 2.21 bits per heavy atom. The largest absolute Gasteiger partial charge is 0.425 e. The maximum atomic E-state index is 13.1. The molecule has 1 atom stereocenters. The molecular formula is C15H19F3O. The third-order valence-electron chi connectivity index (χ3n) is 3.01. The van der Waals surface area contributed by atoms with Crippen molar-refractivity contribution < 1.29 is 18.3 Å². The van der Waals surface area contributed by atoms with Gasteiger partial charge in [-0.1, -0.05) is 55.7 Å². The molecule has 0 unspecified atom stereocenters. The fourth-order valence-electron chi connectivity index (χ4n) is 1.74. The summed E-state index contributed by atoms with van der Waals surface area (Å²) < 4.78 is 39.3. The average molecular weight is 272 g/mol. The second-order valence-electron chi connectivity index (χ2n) is 4.67. The van der Waals surface area contributed by atoms with E-state index in [2.05, 4.69) is 0 Å². The fraction of sp³-hybridized carbons (Fsp3) is 0.467. The van der Waals surface area contributed by atoms with E-state index in [0.717, 1.165) is 24.5 Å². The summed E-state index contributed by atoms with van der Waals surface area (Å²) in [5.41, 5.74) is -2.21. The molecule has 4 heteroatoms. The van der Waals surface area contributed by atoms with Gasteiger partial charge in [0.1, 0.15) is 0 Å². The smallest absolute Gasteiger partial charge is 0.373 e. The molecule has 0 aliphatic rings. The van der Waals surface area contributed by atoms with E-state index in [9.17, 15) is 18.3 Å². The Morgan fingerprint density at radius 1 is 1.16 bits per heavy atom. The van der Waals surface area contributed by atoms with Gasteiger partial charge in [0.2, 0.25) is 5.60 Å². The van der Waals surface area contributed by atoms with Gasteiger partial charge in [-0.2, -0.15) is 13.2 Å². The number of hydrogen-bond donors (Lipinski definition) is 1. The number of aryl methyl sites for hydroxylation is 1. The van der Waals surface area contributed by atoms with Crippen molar-refractivity contribution >= 4 is 0 Å². The monoisotopic (exact) mass is 272 g/mol. The zero-order valence-electron chi connectivity index (χ0n) is 11.2. The van der Waals surface area contributed by atoms with Gasteiger partial charge >= 0.3 is 6.18 Å². The molecular weight excluding hydrogens is 253 g/mol. The first-order valence-corrected chi connectivity index (χ1v) is 6.35. The standard InChI is InChI=1S/C15H19F3O/c1-3-4-5-6-11-14(19,15(16,17)18)13-9-7-12(2)8-10-13/h6-11,19H,3-5H2,1-2H3/b11-6+/t14-/m0/s1. The van der Waals surface area contributed by atoms with Crippen LogP contribution < -0.4 is 0 Å². The highest BCUT2D eigenvalue weighted by Crippen LogP contribution is 2.40. The Kier molecular flexibility index (Phi) is 5.18. The SMILES string of the molecule is CCCC/C=C/[C@](O)(c1ccc(C)cc1)C(F)(F)F. The highest BCUT2D eigenvalue weighted by atomic mass is 19.4. The van der Waals surface area contributed by atoms with E-state index >= 15 is 0 Å². The summed E-state index contributed by atoms with van der Waals surface area (Å²) >= 11 is 0. The lowest BCUT2D eigenvalue weighted by Crippen LogP contribution is -2.40. The zero-order valence-corrected chi connectivity index (χ0v) is 11.2. The van der Waals surface area contributed by atoms with Gasteiger partial charge in [-0.25, -0.2) is 0 Å². The Morgan fingerprint density at radius 2 is 1.74 bits per heavy atom. The second kappa shape index (κ2) is 6.24. The molecule has 0 amide bonds. The molecule has 19 heavy (non-hydrogen) atoms. The number of rotatable bonds is 5. The van der Waals surface area contributed by atoms with Crippen LogP contribution in [0.25, 0.3) is 0 Å². The minimum absolute atomic E-state index is 0.154. The minimum Gasteiger partial charge on any atom is -0.373 e. The molecule has 1 nitrogen and oxygen atoms in total. The summed E-state index contributed by atoms with van der Waals surface area (Å²) in [4.78, 5) is 0. The predicted molar refractivity (Wildman–Crippen MR) is 69.8 cm³/mol. The van der Waals surface area contributed by atoms with E-state index in [1.54, 1.807) is 19.1 Å². The third kappa shape index (κ3) is 3.83. The van der Waals surface area contributed by atoms with Crippen molar-refractivity contribution in [1.82, 2.24) is 0 Å². The Labute approximate surface area is 111 Å². The van der Waals surface area contributed by atoms with E-state index in [1.807, 2.05) is 6.92 Å². The van der Waals surface area contributed by atoms with Crippen molar-refractivity contribution in [3.05, 3.63) is 47.5 Å². The highest BCUT2D eigenvalue weighted by molar-refractivity contribution is 5.32. The lowest BCUT2D eigenvalue weighted by atomic mass is 9.91. The zero-order chi connectivity index (χ0) is 14.5. The van der Waals surface area contributed by atoms with E-state index in [0.29, 0.717) is 6.42 Å². The Hall–Kier alpha value is -1.29. The van der Waals surface area contributed by atoms with Crippen LogP contribution in [0.3, 0.4) is 0 Å². The van der Waals surface area contributed by atoms with Gasteiger partial charge in [-0.15, -0.1) is 0 Å². The van der Waals surface area contributed by atoms with Gasteiger partial charge in [-0.05, 0) is 25.0 Å². The van der Waals surface area contributed by atoms with Crippen LogP contribution in [0.15, 0.2) is 36.4 Å². The van der Waals surface area contributed by atoms with Crippen LogP contribution in [0.5, 0.6) is 0 Å². The van der Waals surface area contributed by atoms with Gasteiger partial charge in [-0.3, -0.25) is 0 Å². The average Bonchev–Trinajstić information content (AvgIpc) is 2.34. The first-order chi connectivity index (χ1) is 8.81. The molecule has 106 valence electrons. The molecule has 1 aromatic rings. The van der Waals surface area contributed by atoms with E-state index in [1.165, 1.54) is 18.2 Å². The van der Waals surface area contributed by atoms with E-state index < -0.39 is 11.8 Å². The van der Waals surface area contributed by atoms with Crippen molar-refractivity contribution in [3.8, 4) is 0 Å². The lowest BCUT2D eigenvalue weighted by Gasteiger charge is -2.28. The number of allylic oxidation sites excluding steroid dienone is 1. The molecule has 0 aliphatic carbocycles. The number of unbranched alkanes of at least 4 members (excludes halogenated alkanes) is 2. The molecule has 1 N–H and O–H groups in total. The molecule has 1 aromatic carbocycles. The maximum absolute atomic E-state index is 13.1. The molecule has 0 bridgehead atoms. The van der Waals surface area contributed by atoms with Crippen LogP contribution in [-0.2, 0) is 5.60 Å². The Balaban J connectivity index is 3.06. The summed E-state index contributed by atoms with van der Waals surface area (Å²) in [5.74, 6) is 0. The Bertz CT molecular complexity index is 420. The van der Waals surface area contributed by atoms with Crippen LogP contribution in [0.2, 0.25) is 0 Å². The van der Waals surface area contributed by atoms with Gasteiger partial charge < -0.3 is 5.11 Å². The van der Waals surface area contributed by atoms with Gasteiger partial charge in [0.15, 0.2) is 0 Å². The van der Waals surface area contributed by atoms with E-state index in [4.69, 9.17) is 0 Å². The molecule has 0 heterocycles. The van der Waals surface area contributed by atoms with E-state index in [-0.39, 0.29) is 5.56 Å². The summed E-state index contributed by atoms with van der Waals surface area (Å²) in [6.07, 6.45) is -0.243. The van der Waals surface area contributed by atoms with Gasteiger partial charge in [0.25, 0.3) is 0 Å².